The Morgan fingerprint density at radius 1 is 1.18 bits per heavy atom. The van der Waals surface area contributed by atoms with Crippen molar-refractivity contribution in [2.24, 2.45) is 11.1 Å². The van der Waals surface area contributed by atoms with Crippen LogP contribution in [0.2, 0.25) is 0 Å². The molecule has 9 nitrogen and oxygen atoms in total. The van der Waals surface area contributed by atoms with E-state index in [1.165, 1.54) is 17.5 Å². The van der Waals surface area contributed by atoms with E-state index in [9.17, 15) is 23.2 Å². The number of benzene rings is 1. The van der Waals surface area contributed by atoms with Gasteiger partial charge in [0, 0.05) is 53.5 Å². The van der Waals surface area contributed by atoms with Gasteiger partial charge in [0.05, 0.1) is 18.4 Å². The van der Waals surface area contributed by atoms with Gasteiger partial charge in [0.1, 0.15) is 28.7 Å². The van der Waals surface area contributed by atoms with Crippen molar-refractivity contribution >= 4 is 44.2 Å². The Labute approximate surface area is 262 Å². The number of aryl methyl sites for hydroxylation is 1. The maximum atomic E-state index is 12.9. The summed E-state index contributed by atoms with van der Waals surface area (Å²) in [6.45, 7) is 5.46. The van der Waals surface area contributed by atoms with Crippen LogP contribution in [0.5, 0.6) is 0 Å². The monoisotopic (exact) mass is 636 g/mol. The number of nitrogens with zero attached hydrogens (tertiary/aromatic N) is 5. The van der Waals surface area contributed by atoms with Gasteiger partial charge in [-0.25, -0.2) is 9.97 Å². The van der Waals surface area contributed by atoms with Crippen LogP contribution in [0.25, 0.3) is 21.1 Å². The first-order valence-electron chi connectivity index (χ1n) is 15.3. The van der Waals surface area contributed by atoms with Crippen LogP contribution >= 0.6 is 11.3 Å². The number of nitrogens with two attached hydrogens (primary N) is 1. The van der Waals surface area contributed by atoms with Crippen LogP contribution < -0.4 is 16.4 Å². The number of nitrogens with one attached hydrogen (secondary N) is 2. The van der Waals surface area contributed by atoms with E-state index in [-0.39, 0.29) is 34.3 Å². The number of carbonyl (C=O) groups is 1. The molecule has 4 heterocycles. The molecule has 3 aromatic heterocycles. The molecule has 4 aromatic rings. The van der Waals surface area contributed by atoms with E-state index in [0.717, 1.165) is 80.5 Å². The maximum Gasteiger partial charge on any atom is 0.393 e. The van der Waals surface area contributed by atoms with Gasteiger partial charge in [-0.1, -0.05) is 6.07 Å². The van der Waals surface area contributed by atoms with Crippen LogP contribution in [0.3, 0.4) is 0 Å². The quantitative estimate of drug-likeness (QED) is 0.236. The van der Waals surface area contributed by atoms with Crippen LogP contribution in [0.15, 0.2) is 30.6 Å². The highest BCUT2D eigenvalue weighted by atomic mass is 32.1. The number of halogens is 3. The smallest absolute Gasteiger partial charge is 0.367 e. The summed E-state index contributed by atoms with van der Waals surface area (Å²) in [4.78, 5) is 23.6. The minimum atomic E-state index is -4.26. The Hall–Kier alpha value is -3.73. The molecule has 4 aliphatic rings. The third kappa shape index (κ3) is 5.64. The summed E-state index contributed by atoms with van der Waals surface area (Å²) in [5, 5.41) is 18.3. The van der Waals surface area contributed by atoms with Crippen LogP contribution in [0, 0.1) is 23.7 Å². The van der Waals surface area contributed by atoms with E-state index >= 15 is 0 Å². The first-order chi connectivity index (χ1) is 21.5. The summed E-state index contributed by atoms with van der Waals surface area (Å²) in [7, 11) is 0. The van der Waals surface area contributed by atoms with Crippen molar-refractivity contribution in [2.45, 2.75) is 76.3 Å². The number of alkyl halides is 3. The van der Waals surface area contributed by atoms with Gasteiger partial charge in [0.15, 0.2) is 0 Å². The molecule has 3 aliphatic carbocycles. The molecule has 1 aliphatic heterocycles. The maximum absolute atomic E-state index is 12.9. The molecule has 2 bridgehead atoms. The molecule has 4 N–H and O–H groups in total. The van der Waals surface area contributed by atoms with E-state index in [1.807, 2.05) is 6.07 Å². The lowest BCUT2D eigenvalue weighted by Crippen LogP contribution is -2.76. The summed E-state index contributed by atoms with van der Waals surface area (Å²) in [5.74, 6) is 0.486. The third-order valence-corrected chi connectivity index (χ3v) is 10.9. The molecule has 13 heteroatoms. The Kier molecular flexibility index (Phi) is 7.30. The molecule has 0 spiro atoms. The van der Waals surface area contributed by atoms with E-state index in [1.54, 1.807) is 6.07 Å². The molecule has 0 atom stereocenters. The second kappa shape index (κ2) is 11.0. The Morgan fingerprint density at radius 3 is 2.62 bits per heavy atom. The highest BCUT2D eigenvalue weighted by Crippen LogP contribution is 2.68. The van der Waals surface area contributed by atoms with Crippen molar-refractivity contribution < 1.29 is 18.0 Å². The van der Waals surface area contributed by atoms with Gasteiger partial charge in [-0.3, -0.25) is 9.69 Å². The molecule has 1 amide bonds. The largest absolute Gasteiger partial charge is 0.393 e. The topological polar surface area (TPSA) is 125 Å². The number of aromatic nitrogens is 3. The average Bonchev–Trinajstić information content (AvgIpc) is 3.54. The van der Waals surface area contributed by atoms with Crippen molar-refractivity contribution in [2.75, 3.05) is 25.0 Å². The Bertz CT molecular complexity index is 1810. The fourth-order valence-corrected chi connectivity index (χ4v) is 8.94. The lowest BCUT2D eigenvalue weighted by atomic mass is 9.39. The first kappa shape index (κ1) is 30.0. The Morgan fingerprint density at radius 2 is 1.93 bits per heavy atom. The number of amides is 1. The van der Waals surface area contributed by atoms with E-state index < -0.39 is 12.6 Å². The number of thiophene rings is 1. The number of rotatable bonds is 9. The fraction of sp³-hybridized carbons (Fsp3) is 0.500. The highest BCUT2D eigenvalue weighted by Gasteiger charge is 2.68. The van der Waals surface area contributed by atoms with Gasteiger partial charge in [0.2, 0.25) is 5.91 Å². The number of hydrogen-bond donors (Lipinski definition) is 3. The van der Waals surface area contributed by atoms with Gasteiger partial charge < -0.3 is 20.9 Å². The summed E-state index contributed by atoms with van der Waals surface area (Å²) in [6, 6.07) is 10.4. The molecular weight excluding hydrogens is 601 g/mol. The standard InChI is InChI=1S/C32H35F3N8OS/c1-19-20(2-3-26-24(19)8-22(11-36)43(26)17-30-14-31(15-30,16-30)41-27(44)12-37)13-42-6-4-21(5-7-42)40-28-25-9-23(10-32(33,34)35)45-29(25)39-18-38-28/h2-3,8-9,18,21H,4-7,10,12-17,37H2,1H3,(H,41,44)(H,38,39,40). The molecule has 3 saturated carbocycles. The molecule has 8 rings (SSSR count). The number of fused-ring (bicyclic) bond motifs is 2. The second-order valence-electron chi connectivity index (χ2n) is 13.2. The molecule has 45 heavy (non-hydrogen) atoms. The average molecular weight is 637 g/mol. The molecule has 4 fully saturated rings. The van der Waals surface area contributed by atoms with Gasteiger partial charge >= 0.3 is 6.18 Å². The molecule has 0 radical (unpaired) electrons. The third-order valence-electron chi connectivity index (χ3n) is 9.88. The van der Waals surface area contributed by atoms with Crippen LogP contribution in [-0.4, -0.2) is 62.7 Å². The molecule has 0 unspecified atom stereocenters. The molecule has 1 aromatic carbocycles. The highest BCUT2D eigenvalue weighted by molar-refractivity contribution is 7.18. The van der Waals surface area contributed by atoms with Gasteiger partial charge in [-0.15, -0.1) is 11.3 Å². The lowest BCUT2D eigenvalue weighted by Gasteiger charge is -2.70. The zero-order valence-electron chi connectivity index (χ0n) is 25.0. The molecular formula is C32H35F3N8OS. The zero-order valence-corrected chi connectivity index (χ0v) is 25.8. The second-order valence-corrected chi connectivity index (χ2v) is 14.3. The summed E-state index contributed by atoms with van der Waals surface area (Å²) in [5.41, 5.74) is 9.65. The number of piperidine rings is 1. The van der Waals surface area contributed by atoms with Crippen molar-refractivity contribution in [3.63, 3.8) is 0 Å². The summed E-state index contributed by atoms with van der Waals surface area (Å²) >= 11 is 1.06. The zero-order chi connectivity index (χ0) is 31.6. The van der Waals surface area contributed by atoms with Gasteiger partial charge in [0.25, 0.3) is 0 Å². The van der Waals surface area contributed by atoms with E-state index in [2.05, 4.69) is 55.2 Å². The van der Waals surface area contributed by atoms with Crippen LogP contribution in [-0.2, 0) is 24.3 Å². The fourth-order valence-electron chi connectivity index (χ4n) is 7.91. The Balaban J connectivity index is 0.988. The van der Waals surface area contributed by atoms with Crippen LogP contribution in [0.4, 0.5) is 19.0 Å². The number of anilines is 1. The van der Waals surface area contributed by atoms with Crippen molar-refractivity contribution in [1.29, 1.82) is 5.26 Å². The predicted octanol–water partition coefficient (Wildman–Crippen LogP) is 5.01. The van der Waals surface area contributed by atoms with Crippen LogP contribution in [0.1, 0.15) is 53.8 Å². The van der Waals surface area contributed by atoms with E-state index in [0.29, 0.717) is 21.7 Å². The summed E-state index contributed by atoms with van der Waals surface area (Å²) in [6.07, 6.45) is 0.730. The first-order valence-corrected chi connectivity index (χ1v) is 16.1. The van der Waals surface area contributed by atoms with E-state index in [4.69, 9.17) is 5.73 Å². The molecule has 236 valence electrons. The van der Waals surface area contributed by atoms with Gasteiger partial charge in [-0.05, 0) is 73.8 Å². The normalized spacial score (nSPS) is 23.5. The number of carbonyl (C=O) groups excluding carboxylic acids is 1. The number of nitriles is 1. The van der Waals surface area contributed by atoms with Crippen molar-refractivity contribution in [3.05, 3.63) is 52.3 Å². The number of likely N-dealkylation sites (tertiary alicyclic amines) is 1. The SMILES string of the molecule is Cc1c(CN2CCC(Nc3ncnc4sc(CC(F)(F)F)cc34)CC2)ccc2c1cc(C#N)n2CC12CC(NC(=O)CN)(C1)C2. The summed E-state index contributed by atoms with van der Waals surface area (Å²) < 4.78 is 40.9. The van der Waals surface area contributed by atoms with Crippen molar-refractivity contribution in [3.8, 4) is 6.07 Å². The van der Waals surface area contributed by atoms with Crippen molar-refractivity contribution in [1.82, 2.24) is 24.8 Å². The van der Waals surface area contributed by atoms with Gasteiger partial charge in [-0.2, -0.15) is 18.4 Å². The minimum absolute atomic E-state index is 0.00552. The molecule has 1 saturated heterocycles. The minimum Gasteiger partial charge on any atom is -0.367 e. The predicted molar refractivity (Wildman–Crippen MR) is 167 cm³/mol. The number of hydrogen-bond acceptors (Lipinski definition) is 8. The lowest BCUT2D eigenvalue weighted by molar-refractivity contribution is -0.171.